The summed E-state index contributed by atoms with van der Waals surface area (Å²) in [6.07, 6.45) is 0. The Bertz CT molecular complexity index is 1230. The highest BCUT2D eigenvalue weighted by atomic mass is 32.2. The van der Waals surface area contributed by atoms with Crippen molar-refractivity contribution in [3.05, 3.63) is 83.6 Å². The highest BCUT2D eigenvalue weighted by Crippen LogP contribution is 2.35. The van der Waals surface area contributed by atoms with Gasteiger partial charge in [0.05, 0.1) is 19.3 Å². The molecular formula is C22H20N2O4S2. The van der Waals surface area contributed by atoms with Crippen molar-refractivity contribution >= 4 is 27.0 Å². The number of thiophene rings is 1. The van der Waals surface area contributed by atoms with Crippen LogP contribution in [0.5, 0.6) is 5.75 Å². The number of methoxy groups -OCH3 is 1. The van der Waals surface area contributed by atoms with E-state index in [-0.39, 0.29) is 10.8 Å². The van der Waals surface area contributed by atoms with E-state index in [1.165, 1.54) is 22.8 Å². The zero-order valence-corrected chi connectivity index (χ0v) is 18.1. The van der Waals surface area contributed by atoms with Crippen molar-refractivity contribution in [2.45, 2.75) is 17.7 Å². The molecule has 8 heteroatoms. The number of hydrogen-bond donors (Lipinski definition) is 0. The van der Waals surface area contributed by atoms with Crippen molar-refractivity contribution in [3.63, 3.8) is 0 Å². The van der Waals surface area contributed by atoms with Crippen LogP contribution < -0.4 is 9.04 Å². The maximum atomic E-state index is 13.5. The van der Waals surface area contributed by atoms with Gasteiger partial charge >= 0.3 is 0 Å². The predicted octanol–water partition coefficient (Wildman–Crippen LogP) is 5.12. The van der Waals surface area contributed by atoms with E-state index in [0.717, 1.165) is 5.56 Å². The first-order valence-corrected chi connectivity index (χ1v) is 11.5. The number of nitrogens with zero attached hydrogens (tertiary/aromatic N) is 2. The molecule has 0 aliphatic carbocycles. The second-order valence-electron chi connectivity index (χ2n) is 6.50. The predicted molar refractivity (Wildman–Crippen MR) is 117 cm³/mol. The minimum absolute atomic E-state index is 0.0166. The molecule has 2 heterocycles. The zero-order valence-electron chi connectivity index (χ0n) is 16.5. The van der Waals surface area contributed by atoms with E-state index in [1.807, 2.05) is 30.3 Å². The van der Waals surface area contributed by atoms with E-state index in [4.69, 9.17) is 9.15 Å². The third kappa shape index (κ3) is 3.83. The van der Waals surface area contributed by atoms with Crippen molar-refractivity contribution in [2.75, 3.05) is 11.4 Å². The SMILES string of the molecule is COc1ccccc1N(Cc1nc(-c2ccccc2)oc1C)S(=O)(=O)c1cccs1. The molecule has 0 unspecified atom stereocenters. The van der Waals surface area contributed by atoms with Gasteiger partial charge in [-0.05, 0) is 42.6 Å². The standard InChI is InChI=1S/C22H20N2O4S2/c1-16-18(23-22(28-16)17-9-4-3-5-10-17)15-24(19-11-6-7-12-20(19)27-2)30(25,26)21-13-8-14-29-21/h3-14H,15H2,1-2H3. The van der Waals surface area contributed by atoms with Crippen molar-refractivity contribution < 1.29 is 17.6 Å². The molecule has 0 saturated carbocycles. The van der Waals surface area contributed by atoms with Gasteiger partial charge in [-0.3, -0.25) is 4.31 Å². The van der Waals surface area contributed by atoms with Gasteiger partial charge in [0, 0.05) is 5.56 Å². The summed E-state index contributed by atoms with van der Waals surface area (Å²) in [5.41, 5.74) is 1.81. The van der Waals surface area contributed by atoms with Crippen LogP contribution in [-0.4, -0.2) is 20.5 Å². The number of rotatable bonds is 7. The summed E-state index contributed by atoms with van der Waals surface area (Å²) in [6, 6.07) is 19.8. The van der Waals surface area contributed by atoms with Crippen LogP contribution >= 0.6 is 11.3 Å². The maximum Gasteiger partial charge on any atom is 0.274 e. The van der Waals surface area contributed by atoms with Crippen LogP contribution in [0, 0.1) is 6.92 Å². The summed E-state index contributed by atoms with van der Waals surface area (Å²) in [7, 11) is -2.31. The van der Waals surface area contributed by atoms with E-state index in [9.17, 15) is 8.42 Å². The van der Waals surface area contributed by atoms with E-state index < -0.39 is 10.0 Å². The molecule has 30 heavy (non-hydrogen) atoms. The summed E-state index contributed by atoms with van der Waals surface area (Å²) < 4.78 is 39.8. The Balaban J connectivity index is 1.79. The van der Waals surface area contributed by atoms with E-state index in [2.05, 4.69) is 4.98 Å². The molecule has 4 aromatic rings. The summed E-state index contributed by atoms with van der Waals surface area (Å²) in [4.78, 5) is 4.59. The number of hydrogen-bond acceptors (Lipinski definition) is 6. The van der Waals surface area contributed by atoms with Crippen LogP contribution in [0.4, 0.5) is 5.69 Å². The Morgan fingerprint density at radius 2 is 1.77 bits per heavy atom. The van der Waals surface area contributed by atoms with Crippen LogP contribution in [0.25, 0.3) is 11.5 Å². The third-order valence-electron chi connectivity index (χ3n) is 4.60. The van der Waals surface area contributed by atoms with Crippen molar-refractivity contribution in [2.24, 2.45) is 0 Å². The number of ether oxygens (including phenoxy) is 1. The fourth-order valence-electron chi connectivity index (χ4n) is 3.07. The molecule has 2 aromatic carbocycles. The second-order valence-corrected chi connectivity index (χ2v) is 9.54. The number of anilines is 1. The molecule has 0 N–H and O–H groups in total. The van der Waals surface area contributed by atoms with E-state index in [1.54, 1.807) is 48.7 Å². The molecule has 0 radical (unpaired) electrons. The first-order chi connectivity index (χ1) is 14.5. The van der Waals surface area contributed by atoms with Gasteiger partial charge in [0.2, 0.25) is 5.89 Å². The van der Waals surface area contributed by atoms with Gasteiger partial charge in [-0.25, -0.2) is 13.4 Å². The normalized spacial score (nSPS) is 11.4. The molecule has 154 valence electrons. The van der Waals surface area contributed by atoms with Crippen molar-refractivity contribution in [1.29, 1.82) is 0 Å². The lowest BCUT2D eigenvalue weighted by Crippen LogP contribution is -2.30. The Hall–Kier alpha value is -3.10. The number of oxazole rings is 1. The molecule has 0 bridgehead atoms. The van der Waals surface area contributed by atoms with Gasteiger partial charge in [-0.1, -0.05) is 36.4 Å². The van der Waals surface area contributed by atoms with Gasteiger partial charge in [0.15, 0.2) is 0 Å². The van der Waals surface area contributed by atoms with Crippen LogP contribution in [0.1, 0.15) is 11.5 Å². The van der Waals surface area contributed by atoms with Gasteiger partial charge in [0.25, 0.3) is 10.0 Å². The lowest BCUT2D eigenvalue weighted by molar-refractivity contribution is 0.415. The van der Waals surface area contributed by atoms with Gasteiger partial charge < -0.3 is 9.15 Å². The lowest BCUT2D eigenvalue weighted by atomic mass is 10.2. The number of benzene rings is 2. The average molecular weight is 441 g/mol. The topological polar surface area (TPSA) is 72.6 Å². The smallest absolute Gasteiger partial charge is 0.274 e. The largest absolute Gasteiger partial charge is 0.495 e. The first kappa shape index (κ1) is 20.2. The average Bonchev–Trinajstić information content (AvgIpc) is 3.43. The van der Waals surface area contributed by atoms with Crippen molar-refractivity contribution in [3.8, 4) is 17.2 Å². The Labute approximate surface area is 179 Å². The Morgan fingerprint density at radius 3 is 2.47 bits per heavy atom. The van der Waals surface area contributed by atoms with Gasteiger partial charge in [-0.2, -0.15) is 0 Å². The minimum atomic E-state index is -3.82. The van der Waals surface area contributed by atoms with Crippen molar-refractivity contribution in [1.82, 2.24) is 4.98 Å². The van der Waals surface area contributed by atoms with Gasteiger partial charge in [-0.15, -0.1) is 11.3 Å². The molecule has 6 nitrogen and oxygen atoms in total. The summed E-state index contributed by atoms with van der Waals surface area (Å²) >= 11 is 1.17. The monoisotopic (exact) mass is 440 g/mol. The molecule has 0 saturated heterocycles. The molecule has 4 rings (SSSR count). The third-order valence-corrected chi connectivity index (χ3v) is 7.73. The number of aromatic nitrogens is 1. The Kier molecular flexibility index (Phi) is 5.61. The van der Waals surface area contributed by atoms with Crippen LogP contribution in [0.2, 0.25) is 0 Å². The van der Waals surface area contributed by atoms with E-state index in [0.29, 0.717) is 28.8 Å². The number of para-hydroxylation sites is 2. The Morgan fingerprint density at radius 1 is 1.03 bits per heavy atom. The first-order valence-electron chi connectivity index (χ1n) is 9.21. The lowest BCUT2D eigenvalue weighted by Gasteiger charge is -2.24. The number of sulfonamides is 1. The molecule has 0 spiro atoms. The fraction of sp³-hybridized carbons (Fsp3) is 0.136. The minimum Gasteiger partial charge on any atom is -0.495 e. The summed E-state index contributed by atoms with van der Waals surface area (Å²) in [5, 5.41) is 1.74. The highest BCUT2D eigenvalue weighted by molar-refractivity contribution is 7.94. The summed E-state index contributed by atoms with van der Waals surface area (Å²) in [6.45, 7) is 1.80. The molecule has 0 fully saturated rings. The fourth-order valence-corrected chi connectivity index (χ4v) is 5.61. The van der Waals surface area contributed by atoms with E-state index >= 15 is 0 Å². The zero-order chi connectivity index (χ0) is 21.1. The molecular weight excluding hydrogens is 420 g/mol. The highest BCUT2D eigenvalue weighted by Gasteiger charge is 2.30. The van der Waals surface area contributed by atoms with Crippen LogP contribution in [-0.2, 0) is 16.6 Å². The second kappa shape index (κ2) is 8.33. The maximum absolute atomic E-state index is 13.5. The molecule has 0 aliphatic heterocycles. The quantitative estimate of drug-likeness (QED) is 0.399. The number of aryl methyl sites for hydroxylation is 1. The van der Waals surface area contributed by atoms with Gasteiger partial charge in [0.1, 0.15) is 21.4 Å². The van der Waals surface area contributed by atoms with Crippen LogP contribution in [0.3, 0.4) is 0 Å². The molecule has 0 aliphatic rings. The molecule has 0 amide bonds. The summed E-state index contributed by atoms with van der Waals surface area (Å²) in [5.74, 6) is 1.48. The molecule has 2 aromatic heterocycles. The molecule has 0 atom stereocenters. The van der Waals surface area contributed by atoms with Crippen LogP contribution in [0.15, 0.2) is 80.7 Å².